The molecule has 1 aromatic heterocycles. The Morgan fingerprint density at radius 2 is 1.75 bits per heavy atom. The summed E-state index contributed by atoms with van der Waals surface area (Å²) in [4.78, 5) is 4.33. The topological polar surface area (TPSA) is 63.0 Å². The third-order valence-corrected chi connectivity index (χ3v) is 6.64. The molecule has 4 nitrogen and oxygen atoms in total. The molecule has 208 valence electrons. The van der Waals surface area contributed by atoms with Gasteiger partial charge in [0.1, 0.15) is 11.6 Å². The van der Waals surface area contributed by atoms with Crippen LogP contribution in [-0.2, 0) is 6.42 Å². The predicted molar refractivity (Wildman–Crippen MR) is 165 cm³/mol. The van der Waals surface area contributed by atoms with Gasteiger partial charge in [-0.25, -0.2) is 8.78 Å². The van der Waals surface area contributed by atoms with Gasteiger partial charge in [0.25, 0.3) is 0 Å². The molecule has 1 heterocycles. The largest absolute Gasteiger partial charge is 0.396 e. The third kappa shape index (κ3) is 7.56. The Hall–Kier alpha value is -4.45. The summed E-state index contributed by atoms with van der Waals surface area (Å²) in [5, 5.41) is 6.60. The molecule has 0 saturated carbocycles. The van der Waals surface area contributed by atoms with Crippen molar-refractivity contribution >= 4 is 16.9 Å². The maximum atomic E-state index is 15.0. The van der Waals surface area contributed by atoms with Crippen molar-refractivity contribution in [1.82, 2.24) is 10.3 Å². The molecule has 0 aliphatic rings. The van der Waals surface area contributed by atoms with Crippen molar-refractivity contribution in [3.8, 4) is 11.1 Å². The lowest BCUT2D eigenvalue weighted by molar-refractivity contribution is 0.509. The van der Waals surface area contributed by atoms with E-state index in [2.05, 4.69) is 56.1 Å². The van der Waals surface area contributed by atoms with Gasteiger partial charge in [-0.05, 0) is 72.0 Å². The van der Waals surface area contributed by atoms with Gasteiger partial charge >= 0.3 is 0 Å². The number of benzene rings is 2. The number of rotatable bonds is 10. The number of aromatic nitrogens is 1. The zero-order valence-corrected chi connectivity index (χ0v) is 24.0. The Morgan fingerprint density at radius 3 is 2.40 bits per heavy atom. The monoisotopic (exact) mass is 540 g/mol. The number of pyridine rings is 1. The highest BCUT2D eigenvalue weighted by Gasteiger charge is 2.16. The van der Waals surface area contributed by atoms with Gasteiger partial charge in [0.15, 0.2) is 0 Å². The first kappa shape index (κ1) is 30.1. The van der Waals surface area contributed by atoms with E-state index in [9.17, 15) is 8.78 Å². The van der Waals surface area contributed by atoms with Crippen molar-refractivity contribution < 1.29 is 8.78 Å². The lowest BCUT2D eigenvalue weighted by Crippen LogP contribution is -2.15. The Bertz CT molecular complexity index is 1510. The lowest BCUT2D eigenvalue weighted by atomic mass is 9.93. The van der Waals surface area contributed by atoms with Crippen molar-refractivity contribution in [2.24, 2.45) is 5.41 Å². The van der Waals surface area contributed by atoms with E-state index in [-0.39, 0.29) is 16.9 Å². The van der Waals surface area contributed by atoms with Crippen LogP contribution < -0.4 is 16.4 Å². The molecule has 0 aliphatic carbocycles. The molecule has 3 aromatic rings. The second-order valence-electron chi connectivity index (χ2n) is 10.8. The van der Waals surface area contributed by atoms with Gasteiger partial charge in [-0.3, -0.25) is 4.98 Å². The summed E-state index contributed by atoms with van der Waals surface area (Å²) in [6, 6.07) is 11.6. The zero-order valence-electron chi connectivity index (χ0n) is 24.0. The van der Waals surface area contributed by atoms with Crippen molar-refractivity contribution in [3.05, 3.63) is 132 Å². The molecular weight excluding hydrogens is 502 g/mol. The summed E-state index contributed by atoms with van der Waals surface area (Å²) in [7, 11) is 0. The van der Waals surface area contributed by atoms with E-state index < -0.39 is 5.82 Å². The van der Waals surface area contributed by atoms with Crippen molar-refractivity contribution in [1.29, 1.82) is 0 Å². The molecule has 3 rings (SSSR count). The van der Waals surface area contributed by atoms with Crippen LogP contribution in [0.5, 0.6) is 0 Å². The predicted octanol–water partition coefficient (Wildman–Crippen LogP) is 8.79. The number of nitrogens with one attached hydrogen (secondary N) is 2. The number of nitrogens with two attached hydrogens (primary N) is 1. The molecule has 0 spiro atoms. The van der Waals surface area contributed by atoms with Crippen molar-refractivity contribution in [2.45, 2.75) is 41.0 Å². The first-order valence-corrected chi connectivity index (χ1v) is 13.0. The number of nitrogen functional groups attached to an aromatic ring is 1. The molecule has 4 N–H and O–H groups in total. The number of nitrogens with zero attached hydrogens (tertiary/aromatic N) is 1. The van der Waals surface area contributed by atoms with Crippen LogP contribution in [0, 0.1) is 17.0 Å². The molecule has 0 amide bonds. The molecule has 0 radical (unpaired) electrons. The van der Waals surface area contributed by atoms with Gasteiger partial charge in [-0.1, -0.05) is 64.8 Å². The van der Waals surface area contributed by atoms with Crippen molar-refractivity contribution in [3.63, 3.8) is 0 Å². The van der Waals surface area contributed by atoms with Gasteiger partial charge in [0.2, 0.25) is 0 Å². The van der Waals surface area contributed by atoms with Crippen LogP contribution in [0.1, 0.15) is 45.7 Å². The van der Waals surface area contributed by atoms with Crippen LogP contribution >= 0.6 is 0 Å². The van der Waals surface area contributed by atoms with Crippen LogP contribution in [0.4, 0.5) is 20.2 Å². The highest BCUT2D eigenvalue weighted by Crippen LogP contribution is 2.31. The highest BCUT2D eigenvalue weighted by molar-refractivity contribution is 5.80. The maximum absolute atomic E-state index is 15.0. The fraction of sp³-hybridized carbons (Fsp3) is 0.206. The van der Waals surface area contributed by atoms with E-state index in [0.29, 0.717) is 23.2 Å². The summed E-state index contributed by atoms with van der Waals surface area (Å²) in [6.45, 7) is 22.1. The Kier molecular flexibility index (Phi) is 9.48. The molecular formula is C34H38F2N4. The fourth-order valence-corrected chi connectivity index (χ4v) is 4.06. The molecule has 40 heavy (non-hydrogen) atoms. The molecule has 2 aromatic carbocycles. The average molecular weight is 541 g/mol. The summed E-state index contributed by atoms with van der Waals surface area (Å²) < 4.78 is 28.8. The quantitative estimate of drug-likeness (QED) is 0.178. The molecule has 0 saturated heterocycles. The highest BCUT2D eigenvalue weighted by atomic mass is 19.1. The Balaban J connectivity index is 1.85. The fourth-order valence-electron chi connectivity index (χ4n) is 4.06. The van der Waals surface area contributed by atoms with Crippen LogP contribution in [0.3, 0.4) is 0 Å². The first-order valence-electron chi connectivity index (χ1n) is 13.0. The minimum absolute atomic E-state index is 0.0698. The van der Waals surface area contributed by atoms with Crippen LogP contribution in [0.2, 0.25) is 0 Å². The maximum Gasteiger partial charge on any atom is 0.146 e. The minimum atomic E-state index is -0.511. The molecule has 0 atom stereocenters. The number of halogens is 2. The van der Waals surface area contributed by atoms with Gasteiger partial charge in [-0.15, -0.1) is 0 Å². The summed E-state index contributed by atoms with van der Waals surface area (Å²) in [5.74, 6) is -0.827. The molecule has 6 heteroatoms. The van der Waals surface area contributed by atoms with Gasteiger partial charge in [-0.2, -0.15) is 0 Å². The second kappa shape index (κ2) is 12.6. The molecule has 0 aliphatic heterocycles. The van der Waals surface area contributed by atoms with E-state index >= 15 is 0 Å². The van der Waals surface area contributed by atoms with E-state index in [4.69, 9.17) is 5.73 Å². The van der Waals surface area contributed by atoms with E-state index in [1.165, 1.54) is 18.2 Å². The van der Waals surface area contributed by atoms with Crippen LogP contribution in [0.15, 0.2) is 109 Å². The molecule has 0 fully saturated rings. The minimum Gasteiger partial charge on any atom is -0.396 e. The average Bonchev–Trinajstić information content (AvgIpc) is 2.89. The zero-order chi connectivity index (χ0) is 29.6. The van der Waals surface area contributed by atoms with Gasteiger partial charge in [0, 0.05) is 40.7 Å². The number of hydrogen-bond donors (Lipinski definition) is 3. The third-order valence-electron chi connectivity index (χ3n) is 6.64. The van der Waals surface area contributed by atoms with Gasteiger partial charge in [0.05, 0.1) is 17.6 Å². The van der Waals surface area contributed by atoms with Crippen LogP contribution in [0.25, 0.3) is 16.7 Å². The number of allylic oxidation sites excluding steroid dienone is 7. The number of anilines is 2. The van der Waals surface area contributed by atoms with E-state index in [1.54, 1.807) is 24.5 Å². The van der Waals surface area contributed by atoms with Crippen LogP contribution in [-0.4, -0.2) is 4.98 Å². The summed E-state index contributed by atoms with van der Waals surface area (Å²) in [6.07, 6.45) is 7.19. The first-order chi connectivity index (χ1) is 18.8. The van der Waals surface area contributed by atoms with E-state index in [0.717, 1.165) is 39.4 Å². The molecule has 0 bridgehead atoms. The Labute approximate surface area is 236 Å². The summed E-state index contributed by atoms with van der Waals surface area (Å²) in [5.41, 5.74) is 13.6. The lowest BCUT2D eigenvalue weighted by Gasteiger charge is -2.23. The van der Waals surface area contributed by atoms with Gasteiger partial charge < -0.3 is 16.4 Å². The van der Waals surface area contributed by atoms with E-state index in [1.807, 2.05) is 38.1 Å². The standard InChI is InChI=1S/C34H38F2N4/c1-9-11-31(25-12-10-13-29(35)16-25)22(3)23(4)39-21(2)14-27-15-26(18-32(36)33(27)37)28-17-30(20-38-19-28)40-24(5)34(6,7)8/h9-13,15-20,39-40H,1-2,5,14,37H2,3-4,6-8H3/b23-22+,31-11+. The van der Waals surface area contributed by atoms with Crippen molar-refractivity contribution in [2.75, 3.05) is 11.1 Å². The normalized spacial score (nSPS) is 12.4. The second-order valence-corrected chi connectivity index (χ2v) is 10.8. The number of hydrogen-bond acceptors (Lipinski definition) is 4. The SMILES string of the molecule is C=C/C=C(\C(C)=C(/C)NC(=C)Cc1cc(-c2cncc(NC(=C)C(C)(C)C)c2)cc(F)c1N)c1cccc(F)c1. The summed E-state index contributed by atoms with van der Waals surface area (Å²) >= 11 is 0. The Morgan fingerprint density at radius 1 is 1.02 bits per heavy atom. The smallest absolute Gasteiger partial charge is 0.146 e. The molecule has 0 unspecified atom stereocenters.